The first-order valence-corrected chi connectivity index (χ1v) is 8.96. The molecule has 0 aliphatic carbocycles. The van der Waals surface area contributed by atoms with Gasteiger partial charge in [0.05, 0.1) is 23.4 Å². The summed E-state index contributed by atoms with van der Waals surface area (Å²) in [5.41, 5.74) is 0. The number of rotatable bonds is 5. The first kappa shape index (κ1) is 14.1. The molecule has 0 bridgehead atoms. The summed E-state index contributed by atoms with van der Waals surface area (Å²) in [4.78, 5) is 3.76. The molecule has 19 heavy (non-hydrogen) atoms. The topological polar surface area (TPSA) is 131 Å². The molecule has 1 saturated heterocycles. The van der Waals surface area contributed by atoms with Gasteiger partial charge in [0.2, 0.25) is 16.0 Å². The third-order valence-corrected chi connectivity index (χ3v) is 6.34. The zero-order valence-electron chi connectivity index (χ0n) is 10.2. The Morgan fingerprint density at radius 3 is 2.84 bits per heavy atom. The first-order valence-electron chi connectivity index (χ1n) is 5.59. The summed E-state index contributed by atoms with van der Waals surface area (Å²) >= 11 is 0. The monoisotopic (exact) mass is 310 g/mol. The Morgan fingerprint density at radius 1 is 1.53 bits per heavy atom. The second-order valence-electron chi connectivity index (χ2n) is 4.07. The van der Waals surface area contributed by atoms with Gasteiger partial charge >= 0.3 is 6.01 Å². The number of aromatic nitrogens is 3. The van der Waals surface area contributed by atoms with E-state index in [2.05, 4.69) is 19.9 Å². The molecule has 1 unspecified atom stereocenters. The number of hydrogen-bond acceptors (Lipinski definition) is 7. The summed E-state index contributed by atoms with van der Waals surface area (Å²) in [5.74, 6) is -0.568. The molecule has 1 aliphatic rings. The maximum atomic E-state index is 12.0. The van der Waals surface area contributed by atoms with Crippen molar-refractivity contribution in [1.29, 1.82) is 0 Å². The quantitative estimate of drug-likeness (QED) is 0.722. The van der Waals surface area contributed by atoms with Gasteiger partial charge in [0.1, 0.15) is 0 Å². The summed E-state index contributed by atoms with van der Waals surface area (Å²) < 4.78 is 53.6. The van der Waals surface area contributed by atoms with E-state index in [1.54, 1.807) is 6.92 Å². The molecule has 2 N–H and O–H groups in total. The molecule has 1 aromatic heterocycles. The number of nitrogens with one attached hydrogen (secondary N) is 2. The molecule has 11 heteroatoms. The second-order valence-corrected chi connectivity index (χ2v) is 8.26. The Kier molecular flexibility index (Phi) is 3.67. The molecule has 0 spiro atoms. The highest BCUT2D eigenvalue weighted by atomic mass is 32.2. The highest BCUT2D eigenvalue weighted by molar-refractivity contribution is 7.97. The highest BCUT2D eigenvalue weighted by Gasteiger charge is 2.37. The van der Waals surface area contributed by atoms with Crippen molar-refractivity contribution in [3.8, 4) is 6.01 Å². The molecule has 108 valence electrons. The van der Waals surface area contributed by atoms with E-state index >= 15 is 0 Å². The van der Waals surface area contributed by atoms with Gasteiger partial charge < -0.3 is 4.74 Å². The van der Waals surface area contributed by atoms with Crippen molar-refractivity contribution >= 4 is 25.8 Å². The van der Waals surface area contributed by atoms with Crippen molar-refractivity contribution in [3.63, 3.8) is 0 Å². The van der Waals surface area contributed by atoms with Crippen LogP contribution in [0, 0.1) is 0 Å². The third-order valence-electron chi connectivity index (χ3n) is 2.61. The number of anilines is 1. The lowest BCUT2D eigenvalue weighted by Gasteiger charge is -2.09. The molecule has 0 saturated carbocycles. The van der Waals surface area contributed by atoms with Crippen molar-refractivity contribution in [2.45, 2.75) is 18.6 Å². The van der Waals surface area contributed by atoms with Crippen molar-refractivity contribution in [2.75, 3.05) is 22.8 Å². The number of hydrogen-bond donors (Lipinski definition) is 2. The van der Waals surface area contributed by atoms with Crippen LogP contribution in [-0.4, -0.2) is 55.4 Å². The summed E-state index contributed by atoms with van der Waals surface area (Å²) in [6.07, 6.45) is 0.0874. The van der Waals surface area contributed by atoms with Gasteiger partial charge in [-0.2, -0.15) is 4.98 Å². The zero-order chi connectivity index (χ0) is 14.1. The van der Waals surface area contributed by atoms with Gasteiger partial charge in [0, 0.05) is 0 Å². The standard InChI is InChI=1S/C8H14N4O5S2/c1-2-17-8-9-7(10-11-8)12-19(15,16)6-3-4-18(13,14)5-6/h6H,2-5H2,1H3,(H2,9,10,11,12). The van der Waals surface area contributed by atoms with Crippen LogP contribution in [0.2, 0.25) is 0 Å². The Hall–Kier alpha value is -1.36. The average molecular weight is 310 g/mol. The second kappa shape index (κ2) is 4.96. The molecule has 1 atom stereocenters. The largest absolute Gasteiger partial charge is 0.463 e. The Balaban J connectivity index is 2.08. The lowest BCUT2D eigenvalue weighted by molar-refractivity contribution is 0.314. The summed E-state index contributed by atoms with van der Waals surface area (Å²) in [6, 6.07) is 0.0271. The first-order chi connectivity index (χ1) is 8.82. The summed E-state index contributed by atoms with van der Waals surface area (Å²) in [7, 11) is -7.07. The highest BCUT2D eigenvalue weighted by Crippen LogP contribution is 2.20. The van der Waals surface area contributed by atoms with E-state index in [9.17, 15) is 16.8 Å². The third kappa shape index (κ3) is 3.35. The molecule has 2 rings (SSSR count). The van der Waals surface area contributed by atoms with Crippen molar-refractivity contribution < 1.29 is 21.6 Å². The van der Waals surface area contributed by atoms with Crippen LogP contribution in [0.4, 0.5) is 5.95 Å². The fourth-order valence-electron chi connectivity index (χ4n) is 1.71. The van der Waals surface area contributed by atoms with E-state index in [1.807, 2.05) is 0 Å². The minimum atomic E-state index is -3.80. The number of sulfone groups is 1. The fraction of sp³-hybridized carbons (Fsp3) is 0.750. The predicted molar refractivity (Wildman–Crippen MR) is 67.2 cm³/mol. The Bertz CT molecular complexity index is 650. The molecule has 2 heterocycles. The Morgan fingerprint density at radius 2 is 2.26 bits per heavy atom. The molecule has 0 radical (unpaired) electrons. The van der Waals surface area contributed by atoms with Gasteiger partial charge in [-0.3, -0.25) is 4.72 Å². The minimum absolute atomic E-state index is 0.0271. The lowest BCUT2D eigenvalue weighted by Crippen LogP contribution is -2.29. The van der Waals surface area contributed by atoms with Crippen molar-refractivity contribution in [2.24, 2.45) is 0 Å². The van der Waals surface area contributed by atoms with E-state index in [0.29, 0.717) is 6.61 Å². The van der Waals surface area contributed by atoms with E-state index in [0.717, 1.165) is 0 Å². The van der Waals surface area contributed by atoms with Gasteiger partial charge in [-0.05, 0) is 13.3 Å². The molecule has 1 aromatic rings. The van der Waals surface area contributed by atoms with Crippen LogP contribution in [0.3, 0.4) is 0 Å². The molecule has 1 fully saturated rings. The van der Waals surface area contributed by atoms with Gasteiger partial charge in [-0.1, -0.05) is 0 Å². The molecule has 0 aromatic carbocycles. The van der Waals surface area contributed by atoms with Crippen LogP contribution < -0.4 is 9.46 Å². The van der Waals surface area contributed by atoms with Gasteiger partial charge in [0.15, 0.2) is 9.84 Å². The molecule has 1 aliphatic heterocycles. The SMILES string of the molecule is CCOc1n[nH]c(NS(=O)(=O)C2CCS(=O)(=O)C2)n1. The van der Waals surface area contributed by atoms with E-state index in [1.165, 1.54) is 0 Å². The average Bonchev–Trinajstić information content (AvgIpc) is 2.85. The maximum Gasteiger partial charge on any atom is 0.337 e. The number of ether oxygens (including phenoxy) is 1. The number of nitrogens with zero attached hydrogens (tertiary/aromatic N) is 2. The van der Waals surface area contributed by atoms with Crippen LogP contribution in [0.5, 0.6) is 6.01 Å². The van der Waals surface area contributed by atoms with E-state index in [-0.39, 0.29) is 29.9 Å². The van der Waals surface area contributed by atoms with Gasteiger partial charge in [-0.15, -0.1) is 5.10 Å². The van der Waals surface area contributed by atoms with Crippen LogP contribution in [-0.2, 0) is 19.9 Å². The smallest absolute Gasteiger partial charge is 0.337 e. The lowest BCUT2D eigenvalue weighted by atomic mass is 10.4. The maximum absolute atomic E-state index is 12.0. The minimum Gasteiger partial charge on any atom is -0.463 e. The van der Waals surface area contributed by atoms with Gasteiger partial charge in [0.25, 0.3) is 0 Å². The number of sulfonamides is 1. The van der Waals surface area contributed by atoms with Crippen LogP contribution in [0.1, 0.15) is 13.3 Å². The molecule has 9 nitrogen and oxygen atoms in total. The van der Waals surface area contributed by atoms with Crippen molar-refractivity contribution in [3.05, 3.63) is 0 Å². The summed E-state index contributed by atoms with van der Waals surface area (Å²) in [6.45, 7) is 2.09. The predicted octanol–water partition coefficient (Wildman–Crippen LogP) is -0.868. The fourth-order valence-corrected chi connectivity index (χ4v) is 5.70. The summed E-state index contributed by atoms with van der Waals surface area (Å²) in [5, 5.41) is 5.05. The molecular formula is C8H14N4O5S2. The van der Waals surface area contributed by atoms with Crippen molar-refractivity contribution in [1.82, 2.24) is 15.2 Å². The zero-order valence-corrected chi connectivity index (χ0v) is 11.8. The molecule has 0 amide bonds. The van der Waals surface area contributed by atoms with Crippen LogP contribution in [0.25, 0.3) is 0 Å². The van der Waals surface area contributed by atoms with Gasteiger partial charge in [-0.25, -0.2) is 21.9 Å². The van der Waals surface area contributed by atoms with Crippen LogP contribution in [0.15, 0.2) is 0 Å². The van der Waals surface area contributed by atoms with E-state index < -0.39 is 25.1 Å². The van der Waals surface area contributed by atoms with E-state index in [4.69, 9.17) is 4.74 Å². The van der Waals surface area contributed by atoms with Crippen LogP contribution >= 0.6 is 0 Å². The molecular weight excluding hydrogens is 296 g/mol. The Labute approximate surface area is 110 Å². The number of H-pyrrole nitrogens is 1. The normalized spacial score (nSPS) is 22.3. The number of aromatic amines is 1.